The molecule has 3 unspecified atom stereocenters. The number of hydrogen-bond acceptors (Lipinski definition) is 4. The molecule has 5 nitrogen and oxygen atoms in total. The lowest BCUT2D eigenvalue weighted by atomic mass is 10.0. The van der Waals surface area contributed by atoms with E-state index in [4.69, 9.17) is 0 Å². The van der Waals surface area contributed by atoms with Crippen LogP contribution in [0.5, 0.6) is 0 Å². The molecule has 3 atom stereocenters. The molecular formula is C35H67NO4. The molecule has 0 saturated carbocycles. The monoisotopic (exact) mass is 566 g/mol. The van der Waals surface area contributed by atoms with Gasteiger partial charge >= 0.3 is 0 Å². The third kappa shape index (κ3) is 25.8. The first kappa shape index (κ1) is 38.8. The standard InChI is InChI=1S/C35H67NO4/c1-3-5-7-9-11-13-15-16-17-18-20-22-24-26-28-30-34(39)35(40)36-32(31-37)33(38)29-27-25-23-21-19-14-12-10-8-6-4-2/h17-18,27,29,32-34,37-39H,3-16,19-26,28,30-31H2,1-2H3,(H,36,40)/b18-17-,29-27+. The van der Waals surface area contributed by atoms with E-state index in [2.05, 4.69) is 31.3 Å². The van der Waals surface area contributed by atoms with E-state index in [1.165, 1.54) is 103 Å². The SMILES string of the molecule is CCCCCCCCC/C=C\CCCCCCC(O)C(=O)NC(CO)C(O)/C=C/CCCCCCCCCCC. The van der Waals surface area contributed by atoms with Crippen molar-refractivity contribution in [3.63, 3.8) is 0 Å². The molecule has 0 aliphatic carbocycles. The number of carbonyl (C=O) groups excluding carboxylic acids is 1. The Hall–Kier alpha value is -1.17. The smallest absolute Gasteiger partial charge is 0.249 e. The maximum atomic E-state index is 12.3. The van der Waals surface area contributed by atoms with Crippen molar-refractivity contribution in [1.29, 1.82) is 0 Å². The Kier molecular flexibility index (Phi) is 29.9. The van der Waals surface area contributed by atoms with Crippen molar-refractivity contribution in [3.8, 4) is 0 Å². The summed E-state index contributed by atoms with van der Waals surface area (Å²) in [5, 5.41) is 32.8. The van der Waals surface area contributed by atoms with Crippen LogP contribution in [0.4, 0.5) is 0 Å². The number of aliphatic hydroxyl groups is 3. The zero-order chi connectivity index (χ0) is 29.5. The van der Waals surface area contributed by atoms with Crippen molar-refractivity contribution in [3.05, 3.63) is 24.3 Å². The van der Waals surface area contributed by atoms with E-state index in [0.29, 0.717) is 6.42 Å². The first-order valence-corrected chi connectivity index (χ1v) is 17.2. The second kappa shape index (κ2) is 30.8. The van der Waals surface area contributed by atoms with E-state index < -0.39 is 24.2 Å². The van der Waals surface area contributed by atoms with Crippen LogP contribution in [0, 0.1) is 0 Å². The molecule has 236 valence electrons. The summed E-state index contributed by atoms with van der Waals surface area (Å²) >= 11 is 0. The van der Waals surface area contributed by atoms with Crippen LogP contribution in [0.1, 0.15) is 168 Å². The second-order valence-corrected chi connectivity index (χ2v) is 11.7. The number of hydrogen-bond donors (Lipinski definition) is 4. The third-order valence-corrected chi connectivity index (χ3v) is 7.79. The normalized spacial score (nSPS) is 14.2. The zero-order valence-electron chi connectivity index (χ0n) is 26.5. The van der Waals surface area contributed by atoms with E-state index in [0.717, 1.165) is 44.9 Å². The minimum Gasteiger partial charge on any atom is -0.394 e. The summed E-state index contributed by atoms with van der Waals surface area (Å²) in [5.41, 5.74) is 0. The summed E-state index contributed by atoms with van der Waals surface area (Å²) in [6.07, 6.45) is 34.7. The Bertz CT molecular complexity index is 592. The highest BCUT2D eigenvalue weighted by Crippen LogP contribution is 2.12. The van der Waals surface area contributed by atoms with Gasteiger partial charge in [-0.25, -0.2) is 0 Å². The van der Waals surface area contributed by atoms with Gasteiger partial charge in [-0.2, -0.15) is 0 Å². The molecule has 1 amide bonds. The van der Waals surface area contributed by atoms with E-state index in [1.54, 1.807) is 6.08 Å². The van der Waals surface area contributed by atoms with Crippen LogP contribution in [-0.2, 0) is 4.79 Å². The summed E-state index contributed by atoms with van der Waals surface area (Å²) < 4.78 is 0. The summed E-state index contributed by atoms with van der Waals surface area (Å²) in [7, 11) is 0. The Balaban J connectivity index is 3.80. The number of rotatable bonds is 30. The lowest BCUT2D eigenvalue weighted by Crippen LogP contribution is -2.48. The van der Waals surface area contributed by atoms with Crippen LogP contribution in [0.25, 0.3) is 0 Å². The summed E-state index contributed by atoms with van der Waals surface area (Å²) in [4.78, 5) is 12.3. The Morgan fingerprint density at radius 3 is 1.45 bits per heavy atom. The maximum Gasteiger partial charge on any atom is 0.249 e. The van der Waals surface area contributed by atoms with Gasteiger partial charge in [-0.1, -0.05) is 147 Å². The molecule has 0 aromatic rings. The highest BCUT2D eigenvalue weighted by molar-refractivity contribution is 5.80. The van der Waals surface area contributed by atoms with Gasteiger partial charge in [-0.15, -0.1) is 0 Å². The molecule has 0 heterocycles. The van der Waals surface area contributed by atoms with E-state index >= 15 is 0 Å². The average molecular weight is 566 g/mol. The van der Waals surface area contributed by atoms with E-state index in [9.17, 15) is 20.1 Å². The first-order valence-electron chi connectivity index (χ1n) is 17.2. The summed E-state index contributed by atoms with van der Waals surface area (Å²) in [6, 6.07) is -0.797. The van der Waals surface area contributed by atoms with Crippen molar-refractivity contribution >= 4 is 5.91 Å². The largest absolute Gasteiger partial charge is 0.394 e. The number of amides is 1. The van der Waals surface area contributed by atoms with Crippen LogP contribution >= 0.6 is 0 Å². The Labute approximate surface area is 248 Å². The highest BCUT2D eigenvalue weighted by atomic mass is 16.3. The van der Waals surface area contributed by atoms with E-state index in [1.807, 2.05) is 6.08 Å². The Morgan fingerprint density at radius 2 is 1.00 bits per heavy atom. The van der Waals surface area contributed by atoms with E-state index in [-0.39, 0.29) is 6.61 Å². The van der Waals surface area contributed by atoms with Gasteiger partial charge in [0.25, 0.3) is 0 Å². The summed E-state index contributed by atoms with van der Waals surface area (Å²) in [5.74, 6) is -0.515. The van der Waals surface area contributed by atoms with Gasteiger partial charge in [-0.3, -0.25) is 4.79 Å². The molecule has 40 heavy (non-hydrogen) atoms. The topological polar surface area (TPSA) is 89.8 Å². The molecule has 0 rings (SSSR count). The zero-order valence-corrected chi connectivity index (χ0v) is 26.5. The molecule has 0 fully saturated rings. The average Bonchev–Trinajstić information content (AvgIpc) is 2.96. The number of nitrogens with one attached hydrogen (secondary N) is 1. The fourth-order valence-electron chi connectivity index (χ4n) is 5.00. The second-order valence-electron chi connectivity index (χ2n) is 11.7. The summed E-state index contributed by atoms with van der Waals surface area (Å²) in [6.45, 7) is 4.13. The molecule has 4 N–H and O–H groups in total. The van der Waals surface area contributed by atoms with Gasteiger partial charge in [0.2, 0.25) is 5.91 Å². The molecule has 0 aliphatic heterocycles. The first-order chi connectivity index (χ1) is 19.6. The van der Waals surface area contributed by atoms with Crippen LogP contribution < -0.4 is 5.32 Å². The van der Waals surface area contributed by atoms with Gasteiger partial charge in [0, 0.05) is 0 Å². The fourth-order valence-corrected chi connectivity index (χ4v) is 5.00. The van der Waals surface area contributed by atoms with Crippen molar-refractivity contribution in [2.45, 2.75) is 186 Å². The molecule has 5 heteroatoms. The predicted molar refractivity (Wildman–Crippen MR) is 171 cm³/mol. The van der Waals surface area contributed by atoms with Crippen molar-refractivity contribution in [1.82, 2.24) is 5.32 Å². The number of unbranched alkanes of at least 4 members (excludes halogenated alkanes) is 20. The lowest BCUT2D eigenvalue weighted by molar-refractivity contribution is -0.131. The van der Waals surface area contributed by atoms with Crippen LogP contribution in [0.3, 0.4) is 0 Å². The minimum atomic E-state index is -1.10. The predicted octanol–water partition coefficient (Wildman–Crippen LogP) is 8.70. The lowest BCUT2D eigenvalue weighted by Gasteiger charge is -2.21. The van der Waals surface area contributed by atoms with Crippen LogP contribution in [0.15, 0.2) is 24.3 Å². The van der Waals surface area contributed by atoms with Crippen molar-refractivity contribution < 1.29 is 20.1 Å². The molecule has 0 aliphatic rings. The maximum absolute atomic E-state index is 12.3. The molecule has 0 spiro atoms. The van der Waals surface area contributed by atoms with Crippen molar-refractivity contribution in [2.75, 3.05) is 6.61 Å². The van der Waals surface area contributed by atoms with Crippen LogP contribution in [-0.4, -0.2) is 46.1 Å². The molecule has 0 bridgehead atoms. The van der Waals surface area contributed by atoms with Gasteiger partial charge < -0.3 is 20.6 Å². The highest BCUT2D eigenvalue weighted by Gasteiger charge is 2.22. The van der Waals surface area contributed by atoms with Crippen LogP contribution in [0.2, 0.25) is 0 Å². The molecule has 0 aromatic heterocycles. The molecular weight excluding hydrogens is 498 g/mol. The number of allylic oxidation sites excluding steroid dienone is 3. The quantitative estimate of drug-likeness (QED) is 0.0518. The van der Waals surface area contributed by atoms with Gasteiger partial charge in [0.05, 0.1) is 18.8 Å². The van der Waals surface area contributed by atoms with Crippen molar-refractivity contribution in [2.24, 2.45) is 0 Å². The van der Waals surface area contributed by atoms with Gasteiger partial charge in [0.1, 0.15) is 6.10 Å². The Morgan fingerprint density at radius 1 is 0.600 bits per heavy atom. The fraction of sp³-hybridized carbons (Fsp3) is 0.857. The molecule has 0 saturated heterocycles. The molecule has 0 radical (unpaired) electrons. The minimum absolute atomic E-state index is 0.367. The van der Waals surface area contributed by atoms with Gasteiger partial charge in [-0.05, 0) is 44.9 Å². The van der Waals surface area contributed by atoms with Gasteiger partial charge in [0.15, 0.2) is 0 Å². The molecule has 0 aromatic carbocycles. The number of carbonyl (C=O) groups is 1. The number of aliphatic hydroxyl groups excluding tert-OH is 3. The third-order valence-electron chi connectivity index (χ3n) is 7.79.